The van der Waals surface area contributed by atoms with Crippen molar-refractivity contribution in [3.05, 3.63) is 23.8 Å². The molecule has 0 radical (unpaired) electrons. The first-order valence-corrected chi connectivity index (χ1v) is 2.55. The van der Waals surface area contributed by atoms with Gasteiger partial charge in [-0.25, -0.2) is 9.97 Å². The second-order valence-electron chi connectivity index (χ2n) is 1.54. The predicted molar refractivity (Wildman–Crippen MR) is 34.7 cm³/mol. The maximum atomic E-state index is 8.30. The van der Waals surface area contributed by atoms with Crippen LogP contribution in [0.25, 0.3) is 0 Å². The van der Waals surface area contributed by atoms with E-state index >= 15 is 0 Å². The number of hydrogen-bond acceptors (Lipinski definition) is 3. The highest BCUT2D eigenvalue weighted by Crippen LogP contribution is 1.90. The van der Waals surface area contributed by atoms with Crippen LogP contribution < -0.4 is 0 Å². The van der Waals surface area contributed by atoms with E-state index in [-0.39, 0.29) is 5.69 Å². The Morgan fingerprint density at radius 3 is 2.30 bits per heavy atom. The van der Waals surface area contributed by atoms with Gasteiger partial charge in [0, 0.05) is 0 Å². The number of rotatable bonds is 0. The monoisotopic (exact) mass is 129 g/mol. The average Bonchev–Trinajstić information content (AvgIpc) is 2.05. The van der Waals surface area contributed by atoms with Crippen LogP contribution in [0, 0.1) is 23.7 Å². The maximum absolute atomic E-state index is 8.30. The van der Waals surface area contributed by atoms with Crippen LogP contribution >= 0.6 is 0 Å². The molecule has 1 heterocycles. The summed E-state index contributed by atoms with van der Waals surface area (Å²) in [5, 5.41) is 8.30. The van der Waals surface area contributed by atoms with Crippen LogP contribution in [-0.4, -0.2) is 9.97 Å². The highest BCUT2D eigenvalue weighted by atomic mass is 14.8. The highest BCUT2D eigenvalue weighted by molar-refractivity contribution is 5.24. The standard InChI is InChI=1S/C7H3N3/c1-2-6-4-10-7(3-8)5-9-6/h1,4-5H. The summed E-state index contributed by atoms with van der Waals surface area (Å²) in [6, 6.07) is 1.84. The van der Waals surface area contributed by atoms with E-state index in [1.807, 2.05) is 6.07 Å². The zero-order valence-corrected chi connectivity index (χ0v) is 5.07. The summed E-state index contributed by atoms with van der Waals surface area (Å²) in [6.45, 7) is 0. The molecule has 0 atom stereocenters. The average molecular weight is 129 g/mol. The third kappa shape index (κ3) is 1.10. The number of nitrogens with zero attached hydrogens (tertiary/aromatic N) is 3. The molecule has 0 aliphatic heterocycles. The van der Waals surface area contributed by atoms with Gasteiger partial charge < -0.3 is 0 Å². The van der Waals surface area contributed by atoms with E-state index in [2.05, 4.69) is 15.9 Å². The van der Waals surface area contributed by atoms with Crippen molar-refractivity contribution in [3.63, 3.8) is 0 Å². The van der Waals surface area contributed by atoms with Crippen LogP contribution in [0.3, 0.4) is 0 Å². The summed E-state index contributed by atoms with van der Waals surface area (Å²) in [7, 11) is 0. The van der Waals surface area contributed by atoms with Gasteiger partial charge in [0.25, 0.3) is 0 Å². The summed E-state index contributed by atoms with van der Waals surface area (Å²) in [5.74, 6) is 2.30. The molecule has 0 unspecified atom stereocenters. The topological polar surface area (TPSA) is 49.6 Å². The lowest BCUT2D eigenvalue weighted by molar-refractivity contribution is 1.14. The summed E-state index contributed by atoms with van der Waals surface area (Å²) in [4.78, 5) is 7.45. The van der Waals surface area contributed by atoms with Crippen LogP contribution in [0.4, 0.5) is 0 Å². The minimum atomic E-state index is 0.277. The van der Waals surface area contributed by atoms with Crippen LogP contribution in [0.2, 0.25) is 0 Å². The molecule has 0 aromatic carbocycles. The molecule has 3 nitrogen and oxygen atoms in total. The molecule has 0 aliphatic rings. The fourth-order valence-electron chi connectivity index (χ4n) is 0.460. The van der Waals surface area contributed by atoms with Crippen molar-refractivity contribution in [3.8, 4) is 18.4 Å². The molecule has 0 amide bonds. The zero-order chi connectivity index (χ0) is 7.40. The summed E-state index contributed by atoms with van der Waals surface area (Å²) >= 11 is 0. The van der Waals surface area contributed by atoms with E-state index in [4.69, 9.17) is 11.7 Å². The highest BCUT2D eigenvalue weighted by Gasteiger charge is 1.90. The first-order valence-electron chi connectivity index (χ1n) is 2.55. The molecule has 0 fully saturated rings. The molecular formula is C7H3N3. The van der Waals surface area contributed by atoms with Gasteiger partial charge in [0.2, 0.25) is 0 Å². The largest absolute Gasteiger partial charge is 0.243 e. The molecule has 10 heavy (non-hydrogen) atoms. The number of terminal acetylenes is 1. The van der Waals surface area contributed by atoms with E-state index in [9.17, 15) is 0 Å². The quantitative estimate of drug-likeness (QED) is 0.474. The number of aromatic nitrogens is 2. The van der Waals surface area contributed by atoms with Gasteiger partial charge in [-0.1, -0.05) is 0 Å². The first kappa shape index (κ1) is 6.25. The molecule has 0 aliphatic carbocycles. The third-order valence-corrected chi connectivity index (χ3v) is 0.914. The summed E-state index contributed by atoms with van der Waals surface area (Å²) in [6.07, 6.45) is 7.74. The van der Waals surface area contributed by atoms with Crippen molar-refractivity contribution in [2.24, 2.45) is 0 Å². The molecule has 1 aromatic rings. The zero-order valence-electron chi connectivity index (χ0n) is 5.07. The molecular weight excluding hydrogens is 126 g/mol. The summed E-state index contributed by atoms with van der Waals surface area (Å²) < 4.78 is 0. The van der Waals surface area contributed by atoms with Gasteiger partial charge in [-0.15, -0.1) is 6.42 Å². The van der Waals surface area contributed by atoms with E-state index in [1.54, 1.807) is 0 Å². The van der Waals surface area contributed by atoms with E-state index in [0.29, 0.717) is 5.69 Å². The van der Waals surface area contributed by atoms with Crippen molar-refractivity contribution in [1.29, 1.82) is 5.26 Å². The van der Waals surface area contributed by atoms with E-state index in [0.717, 1.165) is 0 Å². The van der Waals surface area contributed by atoms with E-state index in [1.165, 1.54) is 12.4 Å². The Morgan fingerprint density at radius 2 is 1.90 bits per heavy atom. The van der Waals surface area contributed by atoms with Gasteiger partial charge in [0.1, 0.15) is 11.8 Å². The van der Waals surface area contributed by atoms with E-state index < -0.39 is 0 Å². The Kier molecular flexibility index (Phi) is 1.63. The lowest BCUT2D eigenvalue weighted by Gasteiger charge is -1.86. The molecule has 0 bridgehead atoms. The molecule has 46 valence electrons. The first-order chi connectivity index (χ1) is 4.86. The van der Waals surface area contributed by atoms with Gasteiger partial charge in [-0.05, 0) is 5.92 Å². The lowest BCUT2D eigenvalue weighted by atomic mass is 10.4. The Bertz CT molecular complexity index is 266. The minimum absolute atomic E-state index is 0.277. The molecule has 0 spiro atoms. The molecule has 1 aromatic heterocycles. The van der Waals surface area contributed by atoms with Crippen molar-refractivity contribution >= 4 is 0 Å². The fourth-order valence-corrected chi connectivity index (χ4v) is 0.460. The van der Waals surface area contributed by atoms with Crippen LogP contribution in [0.15, 0.2) is 12.4 Å². The van der Waals surface area contributed by atoms with Gasteiger partial charge >= 0.3 is 0 Å². The summed E-state index contributed by atoms with van der Waals surface area (Å²) in [5.41, 5.74) is 0.720. The van der Waals surface area contributed by atoms with Crippen molar-refractivity contribution in [1.82, 2.24) is 9.97 Å². The number of hydrogen-bond donors (Lipinski definition) is 0. The van der Waals surface area contributed by atoms with Crippen LogP contribution in [-0.2, 0) is 0 Å². The van der Waals surface area contributed by atoms with Crippen molar-refractivity contribution < 1.29 is 0 Å². The second-order valence-corrected chi connectivity index (χ2v) is 1.54. The van der Waals surface area contributed by atoms with Gasteiger partial charge in [-0.3, -0.25) is 0 Å². The smallest absolute Gasteiger partial charge is 0.158 e. The SMILES string of the molecule is C#Cc1cnc(C#N)cn1. The Morgan fingerprint density at radius 1 is 1.30 bits per heavy atom. The lowest BCUT2D eigenvalue weighted by Crippen LogP contribution is -1.87. The normalized spacial score (nSPS) is 7.80. The second kappa shape index (κ2) is 2.61. The Hall–Kier alpha value is -1.87. The third-order valence-electron chi connectivity index (χ3n) is 0.914. The fraction of sp³-hybridized carbons (Fsp3) is 0. The number of nitriles is 1. The molecule has 3 heteroatoms. The van der Waals surface area contributed by atoms with Gasteiger partial charge in [0.15, 0.2) is 5.69 Å². The Labute approximate surface area is 58.4 Å². The van der Waals surface area contributed by atoms with Crippen LogP contribution in [0.1, 0.15) is 11.4 Å². The predicted octanol–water partition coefficient (Wildman–Crippen LogP) is 0.330. The Balaban J connectivity index is 3.08. The van der Waals surface area contributed by atoms with Gasteiger partial charge in [0.05, 0.1) is 12.4 Å². The van der Waals surface area contributed by atoms with Crippen molar-refractivity contribution in [2.45, 2.75) is 0 Å². The molecule has 1 rings (SSSR count). The van der Waals surface area contributed by atoms with Crippen molar-refractivity contribution in [2.75, 3.05) is 0 Å². The minimum Gasteiger partial charge on any atom is -0.243 e. The molecule has 0 saturated carbocycles. The van der Waals surface area contributed by atoms with Gasteiger partial charge in [-0.2, -0.15) is 5.26 Å². The van der Waals surface area contributed by atoms with Crippen LogP contribution in [0.5, 0.6) is 0 Å². The maximum Gasteiger partial charge on any atom is 0.158 e. The molecule has 0 saturated heterocycles. The molecule has 0 N–H and O–H groups in total.